The van der Waals surface area contributed by atoms with Crippen LogP contribution in [0, 0.1) is 29.6 Å². The SMILES string of the molecule is C=C1O[C@@H]([C@](C)(O)[C@]2(O)CC[C@@]3(O)[C@@H]4C[C@H]5O[C@]56CC=CC(=O)[C@]6(C)[C@H]4CC[C@]23COC(=O)c2ccc(C)nc2)CC(C)=C1C. The third-order valence-corrected chi connectivity index (χ3v) is 13.5. The molecule has 0 amide bonds. The number of aromatic nitrogens is 1. The van der Waals surface area contributed by atoms with Crippen LogP contribution in [0.4, 0.5) is 0 Å². The van der Waals surface area contributed by atoms with Gasteiger partial charge in [0.2, 0.25) is 0 Å². The van der Waals surface area contributed by atoms with E-state index in [-0.39, 0.29) is 49.2 Å². The molecule has 3 N–H and O–H groups in total. The Bertz CT molecular complexity index is 1550. The maximum absolute atomic E-state index is 13.6. The summed E-state index contributed by atoms with van der Waals surface area (Å²) in [7, 11) is 0. The predicted octanol–water partition coefficient (Wildman–Crippen LogP) is 4.28. The van der Waals surface area contributed by atoms with Crippen LogP contribution in [0.1, 0.15) is 88.7 Å². The van der Waals surface area contributed by atoms with E-state index in [1.165, 1.54) is 6.20 Å². The van der Waals surface area contributed by atoms with Crippen molar-refractivity contribution >= 4 is 11.8 Å². The molecule has 9 heteroatoms. The van der Waals surface area contributed by atoms with Crippen LogP contribution in [0.25, 0.3) is 0 Å². The zero-order valence-electron chi connectivity index (χ0n) is 26.9. The molecule has 1 aromatic rings. The quantitative estimate of drug-likeness (QED) is 0.326. The van der Waals surface area contributed by atoms with Crippen LogP contribution in [0.15, 0.2) is 54.0 Å². The molecule has 3 heterocycles. The number of aliphatic hydroxyl groups is 3. The fourth-order valence-corrected chi connectivity index (χ4v) is 10.4. The van der Waals surface area contributed by atoms with Gasteiger partial charge in [-0.1, -0.05) is 18.2 Å². The Kier molecular flexibility index (Phi) is 6.56. The molecule has 0 bridgehead atoms. The van der Waals surface area contributed by atoms with Crippen LogP contribution in [-0.4, -0.2) is 73.3 Å². The van der Waals surface area contributed by atoms with E-state index in [9.17, 15) is 24.9 Å². The fourth-order valence-electron chi connectivity index (χ4n) is 10.4. The van der Waals surface area contributed by atoms with Crippen LogP contribution in [0.5, 0.6) is 0 Å². The van der Waals surface area contributed by atoms with E-state index in [2.05, 4.69) is 11.6 Å². The second-order valence-corrected chi connectivity index (χ2v) is 15.1. The summed E-state index contributed by atoms with van der Waals surface area (Å²) in [4.78, 5) is 31.3. The number of hydrogen-bond donors (Lipinski definition) is 3. The average Bonchev–Trinajstić information content (AvgIpc) is 3.66. The molecule has 3 saturated carbocycles. The van der Waals surface area contributed by atoms with Crippen LogP contribution < -0.4 is 0 Å². The predicted molar refractivity (Wildman–Crippen MR) is 164 cm³/mol. The summed E-state index contributed by atoms with van der Waals surface area (Å²) in [5.74, 6) is -0.826. The molecule has 10 atom stereocenters. The number of aryl methyl sites for hydroxylation is 1. The summed E-state index contributed by atoms with van der Waals surface area (Å²) >= 11 is 0. The number of hydrogen-bond acceptors (Lipinski definition) is 9. The van der Waals surface area contributed by atoms with Gasteiger partial charge in [-0.25, -0.2) is 4.79 Å². The Balaban J connectivity index is 1.31. The molecule has 45 heavy (non-hydrogen) atoms. The van der Waals surface area contributed by atoms with Crippen molar-refractivity contribution in [3.05, 3.63) is 65.2 Å². The number of ketones is 1. The van der Waals surface area contributed by atoms with Gasteiger partial charge in [0.25, 0.3) is 0 Å². The molecule has 0 unspecified atom stereocenters. The van der Waals surface area contributed by atoms with E-state index < -0.39 is 51.2 Å². The van der Waals surface area contributed by atoms with Crippen molar-refractivity contribution in [2.75, 3.05) is 6.61 Å². The Hall–Kier alpha value is -2.85. The highest BCUT2D eigenvalue weighted by Gasteiger charge is 2.83. The molecular formula is C36H45NO8. The number of nitrogens with zero attached hydrogens (tertiary/aromatic N) is 1. The Morgan fingerprint density at radius 3 is 2.62 bits per heavy atom. The van der Waals surface area contributed by atoms with E-state index in [0.717, 1.165) is 16.8 Å². The lowest BCUT2D eigenvalue weighted by Gasteiger charge is -2.64. The van der Waals surface area contributed by atoms with Gasteiger partial charge >= 0.3 is 5.97 Å². The molecule has 1 spiro atoms. The standard InChI is InChI=1S/C36H45NO8/c1-20-16-28(44-23(4)22(20)3)32(6,40)36(42)15-14-34(41)26-17-29-35(45-29)12-7-8-27(38)31(35,5)25(26)11-13-33(34,36)19-43-30(39)24-10-9-21(2)37-18-24/h7-10,18,25-26,28-29,40-42H,4,11-17,19H2,1-3,5-6H3/t25-,26+,28+,29+,31-,32-,33+,34+,35+,36+/m0/s1. The number of carbonyl (C=O) groups is 2. The minimum absolute atomic E-state index is 0.00681. The summed E-state index contributed by atoms with van der Waals surface area (Å²) < 4.78 is 18.5. The van der Waals surface area contributed by atoms with Crippen LogP contribution >= 0.6 is 0 Å². The molecule has 1 saturated heterocycles. The van der Waals surface area contributed by atoms with E-state index >= 15 is 0 Å². The zero-order chi connectivity index (χ0) is 32.4. The number of fused-ring (bicyclic) bond motifs is 4. The number of carbonyl (C=O) groups excluding carboxylic acids is 2. The number of rotatable bonds is 5. The molecule has 4 fully saturated rings. The van der Waals surface area contributed by atoms with E-state index in [1.54, 1.807) is 25.1 Å². The van der Waals surface area contributed by atoms with Gasteiger partial charge in [0.05, 0.1) is 28.1 Å². The third-order valence-electron chi connectivity index (χ3n) is 13.5. The monoisotopic (exact) mass is 619 g/mol. The molecular weight excluding hydrogens is 574 g/mol. The minimum atomic E-state index is -1.92. The van der Waals surface area contributed by atoms with E-state index in [4.69, 9.17) is 14.2 Å². The lowest BCUT2D eigenvalue weighted by Crippen LogP contribution is -2.75. The van der Waals surface area contributed by atoms with Crippen molar-refractivity contribution in [3.8, 4) is 0 Å². The van der Waals surface area contributed by atoms with Gasteiger partial charge in [-0.15, -0.1) is 0 Å². The normalized spacial score (nSPS) is 44.6. The van der Waals surface area contributed by atoms with Crippen LogP contribution in [0.3, 0.4) is 0 Å². The third kappa shape index (κ3) is 3.72. The molecule has 9 nitrogen and oxygen atoms in total. The molecule has 0 radical (unpaired) electrons. The highest BCUT2D eigenvalue weighted by atomic mass is 16.6. The molecule has 1 aromatic heterocycles. The lowest BCUT2D eigenvalue weighted by molar-refractivity contribution is -0.295. The topological polar surface area (TPSA) is 139 Å². The molecule has 6 aliphatic rings. The summed E-state index contributed by atoms with van der Waals surface area (Å²) in [5.41, 5.74) is -5.31. The van der Waals surface area contributed by atoms with Crippen LogP contribution in [-0.2, 0) is 19.0 Å². The molecule has 7 rings (SSSR count). The van der Waals surface area contributed by atoms with E-state index in [0.29, 0.717) is 31.4 Å². The first-order chi connectivity index (χ1) is 21.1. The van der Waals surface area contributed by atoms with E-state index in [1.807, 2.05) is 33.8 Å². The van der Waals surface area contributed by atoms with Gasteiger partial charge < -0.3 is 29.5 Å². The molecule has 0 aromatic carbocycles. The van der Waals surface area contributed by atoms with Crippen molar-refractivity contribution in [1.82, 2.24) is 4.98 Å². The lowest BCUT2D eigenvalue weighted by atomic mass is 9.42. The van der Waals surface area contributed by atoms with Gasteiger partial charge in [0.1, 0.15) is 35.3 Å². The Morgan fingerprint density at radius 2 is 1.93 bits per heavy atom. The van der Waals surface area contributed by atoms with Gasteiger partial charge in [-0.05, 0) is 109 Å². The number of esters is 1. The zero-order valence-corrected chi connectivity index (χ0v) is 26.9. The maximum Gasteiger partial charge on any atom is 0.339 e. The van der Waals surface area contributed by atoms with Crippen LogP contribution in [0.2, 0.25) is 0 Å². The summed E-state index contributed by atoms with van der Waals surface area (Å²) in [6, 6.07) is 3.36. The van der Waals surface area contributed by atoms with Crippen molar-refractivity contribution < 1.29 is 39.1 Å². The largest absolute Gasteiger partial charge is 0.487 e. The molecule has 4 aliphatic carbocycles. The second kappa shape index (κ2) is 9.59. The average molecular weight is 620 g/mol. The van der Waals surface area contributed by atoms with Gasteiger partial charge in [-0.2, -0.15) is 0 Å². The highest BCUT2D eigenvalue weighted by molar-refractivity contribution is 5.97. The fraction of sp³-hybridized carbons (Fsp3) is 0.639. The summed E-state index contributed by atoms with van der Waals surface area (Å²) in [6.07, 6.45) is 6.41. The van der Waals surface area contributed by atoms with Gasteiger partial charge in [-0.3, -0.25) is 9.78 Å². The Morgan fingerprint density at radius 1 is 1.18 bits per heavy atom. The van der Waals surface area contributed by atoms with Crippen molar-refractivity contribution in [3.63, 3.8) is 0 Å². The Labute approximate surface area is 264 Å². The first-order valence-corrected chi connectivity index (χ1v) is 16.3. The summed E-state index contributed by atoms with van der Waals surface area (Å²) in [5, 5.41) is 38.6. The van der Waals surface area contributed by atoms with Crippen molar-refractivity contribution in [2.24, 2.45) is 22.7 Å². The molecule has 242 valence electrons. The molecule has 2 aliphatic heterocycles. The number of pyridine rings is 1. The smallest absolute Gasteiger partial charge is 0.339 e. The first-order valence-electron chi connectivity index (χ1n) is 16.3. The number of epoxide rings is 1. The minimum Gasteiger partial charge on any atom is -0.487 e. The van der Waals surface area contributed by atoms with Gasteiger partial charge in [0, 0.05) is 18.3 Å². The highest BCUT2D eigenvalue weighted by Crippen LogP contribution is 2.75. The summed E-state index contributed by atoms with van der Waals surface area (Å²) in [6.45, 7) is 13.0. The number of ether oxygens (including phenoxy) is 3. The van der Waals surface area contributed by atoms with Crippen molar-refractivity contribution in [1.29, 1.82) is 0 Å². The van der Waals surface area contributed by atoms with Gasteiger partial charge in [0.15, 0.2) is 5.78 Å². The first kappa shape index (κ1) is 30.8. The van der Waals surface area contributed by atoms with Crippen molar-refractivity contribution in [2.45, 2.75) is 114 Å². The maximum atomic E-state index is 13.6. The second-order valence-electron chi connectivity index (χ2n) is 15.1. The number of allylic oxidation sites excluding steroid dienone is 2.